The minimum absolute atomic E-state index is 0.156. The molecule has 0 aliphatic rings. The van der Waals surface area contributed by atoms with Gasteiger partial charge in [-0.3, -0.25) is 4.79 Å². The van der Waals surface area contributed by atoms with Crippen LogP contribution in [0.15, 0.2) is 12.1 Å². The number of unbranched alkanes of at least 4 members (excludes halogenated alkanes) is 2. The first kappa shape index (κ1) is 15.7. The third kappa shape index (κ3) is 5.44. The summed E-state index contributed by atoms with van der Waals surface area (Å²) in [6, 6.07) is 3.26. The van der Waals surface area contributed by atoms with Crippen LogP contribution in [-0.4, -0.2) is 43.2 Å². The fraction of sp³-hybridized carbons (Fsp3) is 0.538. The van der Waals surface area contributed by atoms with E-state index in [0.717, 1.165) is 19.3 Å². The number of aliphatic hydroxyl groups excluding tert-OH is 1. The van der Waals surface area contributed by atoms with Crippen molar-refractivity contribution in [2.75, 3.05) is 32.1 Å². The van der Waals surface area contributed by atoms with E-state index >= 15 is 0 Å². The molecule has 0 radical (unpaired) electrons. The van der Waals surface area contributed by atoms with E-state index in [-0.39, 0.29) is 12.5 Å². The Kier molecular flexibility index (Phi) is 6.59. The molecular weight excluding hydrogens is 266 g/mol. The highest BCUT2D eigenvalue weighted by Gasteiger charge is 2.09. The summed E-state index contributed by atoms with van der Waals surface area (Å²) in [5.41, 5.74) is 0.505. The lowest BCUT2D eigenvalue weighted by Gasteiger charge is -2.13. The summed E-state index contributed by atoms with van der Waals surface area (Å²) in [7, 11) is 3.68. The Morgan fingerprint density at radius 2 is 2.11 bits per heavy atom. The number of hydrogen-bond donors (Lipinski definition) is 2. The van der Waals surface area contributed by atoms with Gasteiger partial charge in [-0.15, -0.1) is 0 Å². The van der Waals surface area contributed by atoms with Gasteiger partial charge in [-0.2, -0.15) is 0 Å². The third-order valence-electron chi connectivity index (χ3n) is 2.62. The van der Waals surface area contributed by atoms with E-state index in [1.54, 1.807) is 17.0 Å². The molecule has 0 fully saturated rings. The molecule has 6 heteroatoms. The Balaban J connectivity index is 2.56. The zero-order valence-corrected chi connectivity index (χ0v) is 12.1. The van der Waals surface area contributed by atoms with Crippen LogP contribution in [0.25, 0.3) is 0 Å². The average molecular weight is 286 g/mol. The van der Waals surface area contributed by atoms with Crippen molar-refractivity contribution in [3.05, 3.63) is 22.8 Å². The highest BCUT2D eigenvalue weighted by molar-refractivity contribution is 6.29. The summed E-state index contributed by atoms with van der Waals surface area (Å²) in [5, 5.41) is 11.8. The van der Waals surface area contributed by atoms with Gasteiger partial charge in [0.25, 0.3) is 5.91 Å². The van der Waals surface area contributed by atoms with E-state index < -0.39 is 0 Å². The van der Waals surface area contributed by atoms with Crippen LogP contribution in [0.4, 0.5) is 5.82 Å². The van der Waals surface area contributed by atoms with Crippen LogP contribution in [0.5, 0.6) is 0 Å². The first-order chi connectivity index (χ1) is 9.04. The number of nitrogens with zero attached hydrogens (tertiary/aromatic N) is 2. The average Bonchev–Trinajstić information content (AvgIpc) is 2.37. The van der Waals surface area contributed by atoms with Crippen molar-refractivity contribution in [1.82, 2.24) is 10.3 Å². The van der Waals surface area contributed by atoms with Crippen molar-refractivity contribution in [1.29, 1.82) is 0 Å². The van der Waals surface area contributed by atoms with E-state index in [1.165, 1.54) is 0 Å². The fourth-order valence-electron chi connectivity index (χ4n) is 1.56. The molecule has 1 aromatic rings. The molecular formula is C13H20ClN3O2. The molecule has 0 bridgehead atoms. The molecule has 1 heterocycles. The predicted molar refractivity (Wildman–Crippen MR) is 76.8 cm³/mol. The number of halogens is 1. The third-order valence-corrected chi connectivity index (χ3v) is 2.82. The number of amides is 1. The smallest absolute Gasteiger partial charge is 0.251 e. The molecule has 5 nitrogen and oxygen atoms in total. The molecule has 1 rings (SSSR count). The predicted octanol–water partition coefficient (Wildman–Crippen LogP) is 1.69. The normalized spacial score (nSPS) is 10.3. The molecule has 0 saturated heterocycles. The minimum Gasteiger partial charge on any atom is -0.396 e. The van der Waals surface area contributed by atoms with Crippen LogP contribution in [0.2, 0.25) is 5.15 Å². The van der Waals surface area contributed by atoms with Crippen LogP contribution in [0.1, 0.15) is 29.6 Å². The van der Waals surface area contributed by atoms with Gasteiger partial charge in [-0.1, -0.05) is 11.6 Å². The molecule has 2 N–H and O–H groups in total. The van der Waals surface area contributed by atoms with E-state index in [0.29, 0.717) is 23.1 Å². The van der Waals surface area contributed by atoms with Crippen molar-refractivity contribution >= 4 is 23.3 Å². The Morgan fingerprint density at radius 3 is 2.74 bits per heavy atom. The van der Waals surface area contributed by atoms with Gasteiger partial charge in [0.15, 0.2) is 0 Å². The number of aliphatic hydroxyl groups is 1. The van der Waals surface area contributed by atoms with Gasteiger partial charge >= 0.3 is 0 Å². The van der Waals surface area contributed by atoms with Crippen molar-refractivity contribution in [3.63, 3.8) is 0 Å². The van der Waals surface area contributed by atoms with Crippen LogP contribution in [-0.2, 0) is 0 Å². The van der Waals surface area contributed by atoms with Gasteiger partial charge in [-0.25, -0.2) is 4.98 Å². The van der Waals surface area contributed by atoms with Crippen LogP contribution >= 0.6 is 11.6 Å². The SMILES string of the molecule is CN(C)c1cc(C(=O)NCCCCCO)cc(Cl)n1. The second kappa shape index (κ2) is 7.96. The van der Waals surface area contributed by atoms with Gasteiger partial charge in [0.2, 0.25) is 0 Å². The molecule has 106 valence electrons. The van der Waals surface area contributed by atoms with Crippen molar-refractivity contribution in [2.45, 2.75) is 19.3 Å². The molecule has 0 atom stereocenters. The number of aromatic nitrogens is 1. The quantitative estimate of drug-likeness (QED) is 0.591. The van der Waals surface area contributed by atoms with Gasteiger partial charge in [-0.05, 0) is 31.4 Å². The standard InChI is InChI=1S/C13H20ClN3O2/c1-17(2)12-9-10(8-11(14)16-12)13(19)15-6-4-3-5-7-18/h8-9,18H,3-7H2,1-2H3,(H,15,19). The second-order valence-corrected chi connectivity index (χ2v) is 4.86. The Hall–Kier alpha value is -1.33. The summed E-state index contributed by atoms with van der Waals surface area (Å²) in [5.74, 6) is 0.495. The molecule has 0 spiro atoms. The molecule has 0 aromatic carbocycles. The van der Waals surface area contributed by atoms with Gasteiger partial charge in [0.1, 0.15) is 11.0 Å². The molecule has 0 aliphatic heterocycles. The highest BCUT2D eigenvalue weighted by Crippen LogP contribution is 2.16. The molecule has 19 heavy (non-hydrogen) atoms. The Labute approximate surface area is 118 Å². The van der Waals surface area contributed by atoms with Crippen molar-refractivity contribution in [3.8, 4) is 0 Å². The zero-order valence-electron chi connectivity index (χ0n) is 11.3. The molecule has 1 amide bonds. The maximum Gasteiger partial charge on any atom is 0.251 e. The monoisotopic (exact) mass is 285 g/mol. The molecule has 0 unspecified atom stereocenters. The maximum atomic E-state index is 11.9. The lowest BCUT2D eigenvalue weighted by atomic mass is 10.2. The lowest BCUT2D eigenvalue weighted by Crippen LogP contribution is -2.25. The number of rotatable bonds is 7. The van der Waals surface area contributed by atoms with Crippen molar-refractivity contribution < 1.29 is 9.90 Å². The molecule has 0 saturated carbocycles. The van der Waals surface area contributed by atoms with Gasteiger partial charge < -0.3 is 15.3 Å². The van der Waals surface area contributed by atoms with Crippen LogP contribution in [0, 0.1) is 0 Å². The largest absolute Gasteiger partial charge is 0.396 e. The fourth-order valence-corrected chi connectivity index (χ4v) is 1.76. The van der Waals surface area contributed by atoms with Crippen molar-refractivity contribution in [2.24, 2.45) is 0 Å². The lowest BCUT2D eigenvalue weighted by molar-refractivity contribution is 0.0953. The summed E-state index contributed by atoms with van der Waals surface area (Å²) in [4.78, 5) is 17.9. The molecule has 0 aliphatic carbocycles. The number of carbonyl (C=O) groups excluding carboxylic acids is 1. The van der Waals surface area contributed by atoms with Crippen LogP contribution < -0.4 is 10.2 Å². The second-order valence-electron chi connectivity index (χ2n) is 4.47. The van der Waals surface area contributed by atoms with E-state index in [9.17, 15) is 4.79 Å². The first-order valence-corrected chi connectivity index (χ1v) is 6.66. The minimum atomic E-state index is -0.156. The Morgan fingerprint density at radius 1 is 1.37 bits per heavy atom. The summed E-state index contributed by atoms with van der Waals surface area (Å²) in [6.07, 6.45) is 2.52. The summed E-state index contributed by atoms with van der Waals surface area (Å²) < 4.78 is 0. The zero-order chi connectivity index (χ0) is 14.3. The Bertz CT molecular complexity index is 424. The summed E-state index contributed by atoms with van der Waals surface area (Å²) >= 11 is 5.90. The van der Waals surface area contributed by atoms with E-state index in [4.69, 9.17) is 16.7 Å². The van der Waals surface area contributed by atoms with Gasteiger partial charge in [0, 0.05) is 32.8 Å². The first-order valence-electron chi connectivity index (χ1n) is 6.28. The maximum absolute atomic E-state index is 11.9. The number of carbonyl (C=O) groups is 1. The number of nitrogens with one attached hydrogen (secondary N) is 1. The summed E-state index contributed by atoms with van der Waals surface area (Å²) in [6.45, 7) is 0.788. The van der Waals surface area contributed by atoms with Crippen LogP contribution in [0.3, 0.4) is 0 Å². The molecule has 1 aromatic heterocycles. The number of pyridine rings is 1. The van der Waals surface area contributed by atoms with Gasteiger partial charge in [0.05, 0.1) is 0 Å². The van der Waals surface area contributed by atoms with E-state index in [1.807, 2.05) is 14.1 Å². The number of anilines is 1. The number of hydrogen-bond acceptors (Lipinski definition) is 4. The van der Waals surface area contributed by atoms with E-state index in [2.05, 4.69) is 10.3 Å². The topological polar surface area (TPSA) is 65.5 Å². The highest BCUT2D eigenvalue weighted by atomic mass is 35.5.